The largest absolute Gasteiger partial charge is 0.477 e. The Bertz CT molecular complexity index is 993. The van der Waals surface area contributed by atoms with Crippen LogP contribution >= 0.6 is 34.9 Å². The smallest absolute Gasteiger partial charge is 0.353 e. The minimum atomic E-state index is -1.35. The Morgan fingerprint density at radius 1 is 1.53 bits per heavy atom. The minimum absolute atomic E-state index is 0.0379. The van der Waals surface area contributed by atoms with Crippen molar-refractivity contribution in [2.75, 3.05) is 18.0 Å². The van der Waals surface area contributed by atoms with Crippen molar-refractivity contribution < 1.29 is 29.1 Å². The Morgan fingerprint density at radius 3 is 2.83 bits per heavy atom. The summed E-state index contributed by atoms with van der Waals surface area (Å²) >= 11 is 3.08. The highest BCUT2D eigenvalue weighted by Gasteiger charge is 2.54. The molecule has 1 saturated heterocycles. The molecule has 0 saturated carbocycles. The number of anilines is 1. The normalized spacial score (nSPS) is 21.9. The third-order valence-electron chi connectivity index (χ3n) is 4.03. The molecule has 0 aromatic carbocycles. The molecule has 30 heavy (non-hydrogen) atoms. The Balaban J connectivity index is 1.77. The number of nitrogens with zero attached hydrogens (tertiary/aromatic N) is 3. The van der Waals surface area contributed by atoms with Gasteiger partial charge in [0.15, 0.2) is 10.8 Å². The summed E-state index contributed by atoms with van der Waals surface area (Å²) in [6.07, 6.45) is 0. The second-order valence-electron chi connectivity index (χ2n) is 5.84. The van der Waals surface area contributed by atoms with Gasteiger partial charge in [0.2, 0.25) is 0 Å². The van der Waals surface area contributed by atoms with E-state index in [0.29, 0.717) is 0 Å². The van der Waals surface area contributed by atoms with E-state index >= 15 is 0 Å². The molecule has 3 rings (SSSR count). The van der Waals surface area contributed by atoms with Crippen LogP contribution in [0.1, 0.15) is 5.69 Å². The number of oxime groups is 1. The van der Waals surface area contributed by atoms with Gasteiger partial charge in [-0.15, -0.1) is 23.1 Å². The number of rotatable bonds is 7. The van der Waals surface area contributed by atoms with E-state index in [9.17, 15) is 23.9 Å². The Hall–Kier alpha value is -2.62. The lowest BCUT2D eigenvalue weighted by atomic mass is 10.0. The first-order valence-corrected chi connectivity index (χ1v) is 11.0. The zero-order valence-corrected chi connectivity index (χ0v) is 17.4. The number of aromatic nitrogens is 1. The van der Waals surface area contributed by atoms with Crippen molar-refractivity contribution in [1.82, 2.24) is 15.2 Å². The van der Waals surface area contributed by atoms with Gasteiger partial charge in [0.1, 0.15) is 28.6 Å². The highest BCUT2D eigenvalue weighted by Crippen LogP contribution is 2.43. The lowest BCUT2D eigenvalue weighted by Crippen LogP contribution is -2.71. The average Bonchev–Trinajstić information content (AvgIpc) is 3.15. The molecule has 1 fully saturated rings. The average molecular weight is 475 g/mol. The number of fused-ring (bicyclic) bond motifs is 1. The molecule has 0 radical (unpaired) electrons. The highest BCUT2D eigenvalue weighted by molar-refractivity contribution is 8.08. The maximum atomic E-state index is 13.3. The van der Waals surface area contributed by atoms with Crippen LogP contribution < -0.4 is 16.8 Å². The SMILES string of the molecule is NC/C(F)=C/SC1=C(C(=O)O)N2C(=O)C(NC(=O)/C(=N\O)c3csc(N)n3)[C@H]2SC1. The molecule has 1 aromatic heterocycles. The van der Waals surface area contributed by atoms with Crippen molar-refractivity contribution in [3.05, 3.63) is 32.9 Å². The number of β-lactam (4-membered cyclic amide) rings is 1. The molecule has 7 N–H and O–H groups in total. The number of thioether (sulfide) groups is 2. The van der Waals surface area contributed by atoms with Crippen molar-refractivity contribution in [1.29, 1.82) is 0 Å². The summed E-state index contributed by atoms with van der Waals surface area (Å²) in [5, 5.41) is 26.0. The molecular weight excluding hydrogens is 459 g/mol. The molecule has 15 heteroatoms. The quantitative estimate of drug-likeness (QED) is 0.157. The van der Waals surface area contributed by atoms with Crippen LogP contribution in [-0.2, 0) is 14.4 Å². The Kier molecular flexibility index (Phi) is 6.64. The molecule has 3 heterocycles. The molecule has 0 bridgehead atoms. The molecule has 0 aliphatic carbocycles. The molecule has 1 unspecified atom stereocenters. The summed E-state index contributed by atoms with van der Waals surface area (Å²) in [5.74, 6) is -3.31. The van der Waals surface area contributed by atoms with Crippen LogP contribution in [0.25, 0.3) is 0 Å². The number of nitrogen functional groups attached to an aromatic ring is 1. The van der Waals surface area contributed by atoms with Gasteiger partial charge in [-0.25, -0.2) is 14.2 Å². The van der Waals surface area contributed by atoms with E-state index in [4.69, 9.17) is 16.7 Å². The zero-order chi connectivity index (χ0) is 22.0. The third kappa shape index (κ3) is 4.14. The second kappa shape index (κ2) is 9.03. The standard InChI is InChI=1S/C15H15FN6O5S3/c16-5(1-17)2-28-7-4-29-13-9(12(24)22(13)10(7)14(25)26)20-11(23)8(21-27)6-3-30-15(18)19-6/h2-3,9,13,27H,1,4,17H2,(H2,18,19)(H,20,23)(H,25,26)/b5-2-,21-8-/t9?,13-/m1/s1. The number of carboxylic acid groups (broad SMARTS) is 1. The van der Waals surface area contributed by atoms with Crippen molar-refractivity contribution in [2.45, 2.75) is 11.4 Å². The van der Waals surface area contributed by atoms with Gasteiger partial charge in [-0.2, -0.15) is 0 Å². The minimum Gasteiger partial charge on any atom is -0.477 e. The lowest BCUT2D eigenvalue weighted by Gasteiger charge is -2.49. The molecule has 2 aliphatic rings. The van der Waals surface area contributed by atoms with E-state index in [0.717, 1.165) is 33.4 Å². The lowest BCUT2D eigenvalue weighted by molar-refractivity contribution is -0.150. The topological polar surface area (TPSA) is 184 Å². The van der Waals surface area contributed by atoms with Crippen LogP contribution in [0, 0.1) is 0 Å². The number of carboxylic acids is 1. The fourth-order valence-corrected chi connectivity index (χ4v) is 5.57. The van der Waals surface area contributed by atoms with E-state index in [1.165, 1.54) is 17.1 Å². The molecule has 2 atom stereocenters. The number of thiazole rings is 1. The van der Waals surface area contributed by atoms with Crippen LogP contribution in [-0.4, -0.2) is 67.4 Å². The summed E-state index contributed by atoms with van der Waals surface area (Å²) in [4.78, 5) is 41.9. The van der Waals surface area contributed by atoms with Crippen LogP contribution in [0.2, 0.25) is 0 Å². The maximum Gasteiger partial charge on any atom is 0.353 e. The van der Waals surface area contributed by atoms with E-state index in [1.54, 1.807) is 0 Å². The van der Waals surface area contributed by atoms with Crippen molar-refractivity contribution in [3.8, 4) is 0 Å². The molecule has 1 aromatic rings. The fraction of sp³-hybridized carbons (Fsp3) is 0.267. The third-order valence-corrected chi connectivity index (χ3v) is 7.16. The zero-order valence-electron chi connectivity index (χ0n) is 14.9. The predicted octanol–water partition coefficient (Wildman–Crippen LogP) is 0.103. The van der Waals surface area contributed by atoms with E-state index in [1.807, 2.05) is 0 Å². The first-order chi connectivity index (χ1) is 14.3. The van der Waals surface area contributed by atoms with Gasteiger partial charge in [-0.3, -0.25) is 14.5 Å². The fourth-order valence-electron chi connectivity index (χ4n) is 2.68. The summed E-state index contributed by atoms with van der Waals surface area (Å²) in [6, 6.07) is -1.03. The number of hydrogen-bond acceptors (Lipinski definition) is 11. The van der Waals surface area contributed by atoms with Crippen molar-refractivity contribution in [2.24, 2.45) is 10.9 Å². The number of hydrogen-bond donors (Lipinski definition) is 5. The van der Waals surface area contributed by atoms with Gasteiger partial charge >= 0.3 is 5.97 Å². The first-order valence-electron chi connectivity index (χ1n) is 8.15. The molecule has 160 valence electrons. The van der Waals surface area contributed by atoms with Gasteiger partial charge < -0.3 is 27.1 Å². The number of nitrogens with one attached hydrogen (secondary N) is 1. The molecule has 11 nitrogen and oxygen atoms in total. The van der Waals surface area contributed by atoms with E-state index in [2.05, 4.69) is 15.5 Å². The van der Waals surface area contributed by atoms with Crippen molar-refractivity contribution in [3.63, 3.8) is 0 Å². The first kappa shape index (κ1) is 22.1. The number of aliphatic carboxylic acids is 1. The van der Waals surface area contributed by atoms with Gasteiger partial charge in [0.05, 0.1) is 0 Å². The van der Waals surface area contributed by atoms with Crippen LogP contribution in [0.15, 0.2) is 32.4 Å². The number of carbonyl (C=O) groups excluding carboxylic acids is 2. The summed E-state index contributed by atoms with van der Waals surface area (Å²) < 4.78 is 13.3. The highest BCUT2D eigenvalue weighted by atomic mass is 32.2. The van der Waals surface area contributed by atoms with E-state index < -0.39 is 40.7 Å². The molecular formula is C15H15FN6O5S3. The summed E-state index contributed by atoms with van der Waals surface area (Å²) in [6.45, 7) is -0.325. The van der Waals surface area contributed by atoms with Crippen LogP contribution in [0.5, 0.6) is 0 Å². The van der Waals surface area contributed by atoms with Crippen molar-refractivity contribution >= 4 is 63.5 Å². The predicted molar refractivity (Wildman–Crippen MR) is 110 cm³/mol. The molecule has 2 amide bonds. The maximum absolute atomic E-state index is 13.3. The number of amides is 2. The molecule has 0 spiro atoms. The van der Waals surface area contributed by atoms with Gasteiger partial charge in [0, 0.05) is 28.0 Å². The second-order valence-corrected chi connectivity index (χ2v) is 8.80. The number of halogens is 1. The summed E-state index contributed by atoms with van der Waals surface area (Å²) in [7, 11) is 0. The summed E-state index contributed by atoms with van der Waals surface area (Å²) in [5.41, 5.74) is 10.0. The Morgan fingerprint density at radius 2 is 2.27 bits per heavy atom. The van der Waals surface area contributed by atoms with Crippen LogP contribution in [0.3, 0.4) is 0 Å². The van der Waals surface area contributed by atoms with Gasteiger partial charge in [-0.05, 0) is 0 Å². The van der Waals surface area contributed by atoms with Gasteiger partial charge in [-0.1, -0.05) is 16.9 Å². The molecule has 2 aliphatic heterocycles. The van der Waals surface area contributed by atoms with E-state index in [-0.39, 0.29) is 33.7 Å². The van der Waals surface area contributed by atoms with Crippen LogP contribution in [0.4, 0.5) is 9.52 Å². The number of nitrogens with two attached hydrogens (primary N) is 2. The number of carbonyl (C=O) groups is 3. The van der Waals surface area contributed by atoms with Gasteiger partial charge in [0.25, 0.3) is 11.8 Å². The monoisotopic (exact) mass is 474 g/mol. The Labute approximate surface area is 181 Å².